The van der Waals surface area contributed by atoms with Crippen molar-refractivity contribution >= 4 is 11.6 Å². The van der Waals surface area contributed by atoms with Gasteiger partial charge in [0.15, 0.2) is 0 Å². The molecule has 26 heavy (non-hydrogen) atoms. The predicted molar refractivity (Wildman–Crippen MR) is 105 cm³/mol. The van der Waals surface area contributed by atoms with Gasteiger partial charge in [-0.3, -0.25) is 4.79 Å². The number of hydrogen-bond donors (Lipinski definition) is 2. The van der Waals surface area contributed by atoms with E-state index >= 15 is 0 Å². The van der Waals surface area contributed by atoms with E-state index in [-0.39, 0.29) is 18.6 Å². The molecule has 5 nitrogen and oxygen atoms in total. The van der Waals surface area contributed by atoms with Crippen molar-refractivity contribution in [3.8, 4) is 11.5 Å². The zero-order valence-electron chi connectivity index (χ0n) is 15.7. The molecule has 0 unspecified atom stereocenters. The molecule has 2 aromatic carbocycles. The van der Waals surface area contributed by atoms with Gasteiger partial charge in [-0.1, -0.05) is 25.1 Å². The van der Waals surface area contributed by atoms with Crippen molar-refractivity contribution in [1.82, 2.24) is 5.32 Å². The molecular weight excluding hydrogens is 328 g/mol. The number of hydrogen-bond acceptors (Lipinski definition) is 4. The fraction of sp³-hybridized carbons (Fsp3) is 0.381. The fourth-order valence-electron chi connectivity index (χ4n) is 2.37. The van der Waals surface area contributed by atoms with Crippen LogP contribution in [0.1, 0.15) is 32.8 Å². The van der Waals surface area contributed by atoms with Gasteiger partial charge in [0.2, 0.25) is 5.91 Å². The number of rotatable bonds is 10. The van der Waals surface area contributed by atoms with Crippen molar-refractivity contribution in [3.63, 3.8) is 0 Å². The highest BCUT2D eigenvalue weighted by molar-refractivity contribution is 5.92. The third-order valence-electron chi connectivity index (χ3n) is 3.50. The molecule has 0 aliphatic rings. The fourth-order valence-corrected chi connectivity index (χ4v) is 2.37. The van der Waals surface area contributed by atoms with Gasteiger partial charge in [-0.15, -0.1) is 0 Å². The zero-order chi connectivity index (χ0) is 18.8. The predicted octanol–water partition coefficient (Wildman–Crippen LogP) is 3.99. The smallest absolute Gasteiger partial charge is 0.238 e. The van der Waals surface area contributed by atoms with Gasteiger partial charge in [-0.05, 0) is 50.1 Å². The summed E-state index contributed by atoms with van der Waals surface area (Å²) in [5, 5.41) is 6.02. The number of anilines is 1. The minimum absolute atomic E-state index is 0.0857. The Morgan fingerprint density at radius 3 is 2.54 bits per heavy atom. The molecule has 0 aliphatic heterocycles. The Hall–Kier alpha value is -2.53. The second-order valence-corrected chi connectivity index (χ2v) is 6.34. The molecule has 0 aromatic heterocycles. The minimum Gasteiger partial charge on any atom is -0.494 e. The van der Waals surface area contributed by atoms with Gasteiger partial charge in [0.05, 0.1) is 19.3 Å². The van der Waals surface area contributed by atoms with Gasteiger partial charge in [-0.25, -0.2) is 0 Å². The molecule has 0 atom stereocenters. The summed E-state index contributed by atoms with van der Waals surface area (Å²) in [5.74, 6) is 1.53. The number of amides is 1. The first kappa shape index (κ1) is 19.8. The van der Waals surface area contributed by atoms with Crippen LogP contribution in [-0.2, 0) is 11.3 Å². The molecule has 1 amide bonds. The van der Waals surface area contributed by atoms with Crippen LogP contribution < -0.4 is 20.1 Å². The number of carbonyl (C=O) groups excluding carboxylic acids is 1. The largest absolute Gasteiger partial charge is 0.494 e. The molecule has 140 valence electrons. The van der Waals surface area contributed by atoms with E-state index in [4.69, 9.17) is 9.47 Å². The average molecular weight is 356 g/mol. The average Bonchev–Trinajstić information content (AvgIpc) is 2.61. The first-order valence-electron chi connectivity index (χ1n) is 9.06. The quantitative estimate of drug-likeness (QED) is 0.676. The molecule has 0 saturated carbocycles. The third-order valence-corrected chi connectivity index (χ3v) is 3.50. The van der Waals surface area contributed by atoms with E-state index in [0.29, 0.717) is 13.2 Å². The molecule has 0 heterocycles. The maximum atomic E-state index is 12.1. The molecule has 0 spiro atoms. The van der Waals surface area contributed by atoms with Crippen molar-refractivity contribution < 1.29 is 14.3 Å². The highest BCUT2D eigenvalue weighted by Gasteiger charge is 2.04. The van der Waals surface area contributed by atoms with Crippen molar-refractivity contribution in [2.45, 2.75) is 39.8 Å². The summed E-state index contributed by atoms with van der Waals surface area (Å²) < 4.78 is 11.2. The highest BCUT2D eigenvalue weighted by atomic mass is 16.5. The lowest BCUT2D eigenvalue weighted by Crippen LogP contribution is -2.27. The Bertz CT molecular complexity index is 684. The SMILES string of the molecule is CCCOc1cccc(NC(=O)CNCc2ccc(OC(C)C)cc2)c1. The van der Waals surface area contributed by atoms with Crippen LogP contribution in [0.25, 0.3) is 0 Å². The lowest BCUT2D eigenvalue weighted by atomic mass is 10.2. The normalized spacial score (nSPS) is 10.6. The molecule has 5 heteroatoms. The first-order chi connectivity index (χ1) is 12.6. The van der Waals surface area contributed by atoms with E-state index in [2.05, 4.69) is 17.6 Å². The van der Waals surface area contributed by atoms with Gasteiger partial charge < -0.3 is 20.1 Å². The van der Waals surface area contributed by atoms with Crippen molar-refractivity contribution in [3.05, 3.63) is 54.1 Å². The van der Waals surface area contributed by atoms with E-state index in [9.17, 15) is 4.79 Å². The molecule has 0 saturated heterocycles. The van der Waals surface area contributed by atoms with E-state index in [1.807, 2.05) is 62.4 Å². The Balaban J connectivity index is 1.75. The second-order valence-electron chi connectivity index (χ2n) is 6.34. The topological polar surface area (TPSA) is 59.6 Å². The summed E-state index contributed by atoms with van der Waals surface area (Å²) >= 11 is 0. The summed E-state index contributed by atoms with van der Waals surface area (Å²) in [5.41, 5.74) is 1.84. The zero-order valence-corrected chi connectivity index (χ0v) is 15.7. The number of nitrogens with one attached hydrogen (secondary N) is 2. The minimum atomic E-state index is -0.0857. The standard InChI is InChI=1S/C21H28N2O3/c1-4-12-25-20-7-5-6-18(13-20)23-21(24)15-22-14-17-8-10-19(11-9-17)26-16(2)3/h5-11,13,16,22H,4,12,14-15H2,1-3H3,(H,23,24). The molecule has 0 bridgehead atoms. The first-order valence-corrected chi connectivity index (χ1v) is 9.06. The maximum absolute atomic E-state index is 12.1. The molecule has 2 N–H and O–H groups in total. The molecule has 0 fully saturated rings. The molecule has 2 rings (SSSR count). The van der Waals surface area contributed by atoms with Gasteiger partial charge in [0, 0.05) is 18.3 Å². The summed E-state index contributed by atoms with van der Waals surface area (Å²) in [6, 6.07) is 15.3. The summed E-state index contributed by atoms with van der Waals surface area (Å²) in [7, 11) is 0. The van der Waals surface area contributed by atoms with Crippen LogP contribution in [0.3, 0.4) is 0 Å². The third kappa shape index (κ3) is 7.15. The summed E-state index contributed by atoms with van der Waals surface area (Å²) in [6.45, 7) is 7.58. The summed E-state index contributed by atoms with van der Waals surface area (Å²) in [6.07, 6.45) is 1.11. The maximum Gasteiger partial charge on any atom is 0.238 e. The van der Waals surface area contributed by atoms with E-state index in [1.54, 1.807) is 0 Å². The molecule has 0 radical (unpaired) electrons. The number of carbonyl (C=O) groups is 1. The van der Waals surface area contributed by atoms with Crippen LogP contribution in [0.2, 0.25) is 0 Å². The van der Waals surface area contributed by atoms with Crippen molar-refractivity contribution in [2.75, 3.05) is 18.5 Å². The van der Waals surface area contributed by atoms with Gasteiger partial charge >= 0.3 is 0 Å². The van der Waals surface area contributed by atoms with Crippen LogP contribution in [0.4, 0.5) is 5.69 Å². The van der Waals surface area contributed by atoms with Crippen LogP contribution in [0, 0.1) is 0 Å². The Morgan fingerprint density at radius 1 is 1.08 bits per heavy atom. The monoisotopic (exact) mass is 356 g/mol. The van der Waals surface area contributed by atoms with Crippen LogP contribution >= 0.6 is 0 Å². The van der Waals surface area contributed by atoms with E-state index < -0.39 is 0 Å². The Labute approximate surface area is 155 Å². The second kappa shape index (κ2) is 10.5. The number of ether oxygens (including phenoxy) is 2. The molecular formula is C21H28N2O3. The lowest BCUT2D eigenvalue weighted by Gasteiger charge is -2.11. The van der Waals surface area contributed by atoms with Crippen LogP contribution in [0.5, 0.6) is 11.5 Å². The van der Waals surface area contributed by atoms with E-state index in [0.717, 1.165) is 29.2 Å². The summed E-state index contributed by atoms with van der Waals surface area (Å²) in [4.78, 5) is 12.1. The molecule has 0 aliphatic carbocycles. The van der Waals surface area contributed by atoms with Crippen molar-refractivity contribution in [1.29, 1.82) is 0 Å². The van der Waals surface area contributed by atoms with Gasteiger partial charge in [-0.2, -0.15) is 0 Å². The number of benzene rings is 2. The van der Waals surface area contributed by atoms with Gasteiger partial charge in [0.1, 0.15) is 11.5 Å². The van der Waals surface area contributed by atoms with Crippen LogP contribution in [-0.4, -0.2) is 25.2 Å². The molecule has 2 aromatic rings. The lowest BCUT2D eigenvalue weighted by molar-refractivity contribution is -0.115. The van der Waals surface area contributed by atoms with E-state index in [1.165, 1.54) is 0 Å². The Morgan fingerprint density at radius 2 is 1.85 bits per heavy atom. The van der Waals surface area contributed by atoms with Crippen molar-refractivity contribution in [2.24, 2.45) is 0 Å². The van der Waals surface area contributed by atoms with Gasteiger partial charge in [0.25, 0.3) is 0 Å². The Kier molecular flexibility index (Phi) is 7.96. The van der Waals surface area contributed by atoms with Crippen LogP contribution in [0.15, 0.2) is 48.5 Å². The highest BCUT2D eigenvalue weighted by Crippen LogP contribution is 2.17.